The molecule has 3 heteroatoms. The fourth-order valence-corrected chi connectivity index (χ4v) is 14.7. The Labute approximate surface area is 145 Å². The maximum Gasteiger partial charge on any atom is 0.176 e. The summed E-state index contributed by atoms with van der Waals surface area (Å²) >= 11 is 7.18. The fourth-order valence-electron chi connectivity index (χ4n) is 9.14. The lowest BCUT2D eigenvalue weighted by molar-refractivity contribution is 0.0109. The van der Waals surface area contributed by atoms with Gasteiger partial charge in [0, 0.05) is 11.3 Å². The van der Waals surface area contributed by atoms with E-state index in [0.717, 1.165) is 47.3 Å². The van der Waals surface area contributed by atoms with Crippen LogP contribution in [0.15, 0.2) is 0 Å². The Balaban J connectivity index is 1.34. The molecule has 8 rings (SSSR count). The molecule has 8 aliphatic carbocycles. The van der Waals surface area contributed by atoms with Crippen LogP contribution in [0.4, 0.5) is 0 Å². The summed E-state index contributed by atoms with van der Waals surface area (Å²) in [6.45, 7) is -2.54. The summed E-state index contributed by atoms with van der Waals surface area (Å²) in [6, 6.07) is 0. The predicted octanol–water partition coefficient (Wildman–Crippen LogP) is 6.15. The van der Waals surface area contributed by atoms with Crippen LogP contribution in [0.2, 0.25) is 0 Å². The van der Waals surface area contributed by atoms with Crippen molar-refractivity contribution in [2.24, 2.45) is 47.3 Å². The topological polar surface area (TPSA) is 17.1 Å². The van der Waals surface area contributed by atoms with Crippen molar-refractivity contribution in [3.05, 3.63) is 0 Å². The first kappa shape index (κ1) is 14.7. The molecule has 8 fully saturated rings. The van der Waals surface area contributed by atoms with Gasteiger partial charge in [-0.2, -0.15) is 0 Å². The summed E-state index contributed by atoms with van der Waals surface area (Å²) in [4.78, 5) is 0. The lowest BCUT2D eigenvalue weighted by Gasteiger charge is -2.60. The molecule has 23 heavy (non-hydrogen) atoms. The van der Waals surface area contributed by atoms with E-state index in [-0.39, 0.29) is 0 Å². The van der Waals surface area contributed by atoms with Gasteiger partial charge in [-0.3, -0.25) is 0 Å². The molecule has 8 bridgehead atoms. The van der Waals surface area contributed by atoms with Crippen LogP contribution in [0, 0.1) is 47.3 Å². The third kappa shape index (κ3) is 2.02. The first-order chi connectivity index (χ1) is 11.1. The molecule has 128 valence electrons. The molecular formula is C20H30ClOP. The van der Waals surface area contributed by atoms with Gasteiger partial charge in [0.25, 0.3) is 0 Å². The minimum Gasteiger partial charge on any atom is -0.306 e. The third-order valence-corrected chi connectivity index (χ3v) is 13.8. The highest BCUT2D eigenvalue weighted by molar-refractivity contribution is 7.90. The van der Waals surface area contributed by atoms with Crippen molar-refractivity contribution in [3.8, 4) is 0 Å². The average molecular weight is 353 g/mol. The van der Waals surface area contributed by atoms with E-state index in [0.29, 0.717) is 11.3 Å². The van der Waals surface area contributed by atoms with E-state index in [4.69, 9.17) is 11.2 Å². The normalized spacial score (nSPS) is 61.8. The second-order valence-corrected chi connectivity index (χ2v) is 14.5. The molecule has 0 aromatic rings. The smallest absolute Gasteiger partial charge is 0.176 e. The molecule has 0 aromatic heterocycles. The van der Waals surface area contributed by atoms with E-state index >= 15 is 0 Å². The summed E-state index contributed by atoms with van der Waals surface area (Å²) in [6.07, 6.45) is 13.9. The van der Waals surface area contributed by atoms with Crippen LogP contribution in [-0.4, -0.2) is 11.3 Å². The van der Waals surface area contributed by atoms with Crippen molar-refractivity contribution in [2.75, 3.05) is 0 Å². The molecule has 1 nitrogen and oxygen atoms in total. The van der Waals surface area contributed by atoms with Crippen LogP contribution in [0.3, 0.4) is 0 Å². The van der Waals surface area contributed by atoms with E-state index in [9.17, 15) is 4.57 Å². The third-order valence-electron chi connectivity index (χ3n) is 9.17. The van der Waals surface area contributed by atoms with Gasteiger partial charge in [0.05, 0.1) is 0 Å². The number of halogens is 1. The van der Waals surface area contributed by atoms with Gasteiger partial charge in [-0.15, -0.1) is 0 Å². The monoisotopic (exact) mass is 352 g/mol. The molecule has 8 saturated carbocycles. The minimum atomic E-state index is -2.54. The zero-order valence-electron chi connectivity index (χ0n) is 14.1. The standard InChI is InChI=1S/C20H30ClOP/c21-23(22,19-15-3-11-1-12(5-15)6-16(19)4-11)20-17-7-13-2-14(9-17)10-18(20)8-13/h11-20H,1-10H2. The highest BCUT2D eigenvalue weighted by atomic mass is 35.7. The molecule has 0 heterocycles. The van der Waals surface area contributed by atoms with Crippen molar-refractivity contribution in [1.82, 2.24) is 0 Å². The fraction of sp³-hybridized carbons (Fsp3) is 1.00. The maximum absolute atomic E-state index is 14.2. The van der Waals surface area contributed by atoms with Crippen molar-refractivity contribution in [3.63, 3.8) is 0 Å². The van der Waals surface area contributed by atoms with Gasteiger partial charge < -0.3 is 4.57 Å². The summed E-state index contributed by atoms with van der Waals surface area (Å²) in [5.41, 5.74) is 0.832. The van der Waals surface area contributed by atoms with Gasteiger partial charge in [0.1, 0.15) is 0 Å². The van der Waals surface area contributed by atoms with Crippen LogP contribution in [0.25, 0.3) is 0 Å². The zero-order chi connectivity index (χ0) is 15.3. The summed E-state index contributed by atoms with van der Waals surface area (Å²) in [7, 11) is 0. The Morgan fingerprint density at radius 3 is 1.04 bits per heavy atom. The quantitative estimate of drug-likeness (QED) is 0.544. The van der Waals surface area contributed by atoms with Crippen molar-refractivity contribution in [2.45, 2.75) is 75.5 Å². The lowest BCUT2D eigenvalue weighted by atomic mass is 9.55. The second kappa shape index (κ2) is 4.82. The van der Waals surface area contributed by atoms with Crippen LogP contribution < -0.4 is 0 Å². The molecule has 0 unspecified atom stereocenters. The Bertz CT molecular complexity index is 470. The molecule has 8 aliphatic rings. The van der Waals surface area contributed by atoms with Gasteiger partial charge in [0.2, 0.25) is 0 Å². The van der Waals surface area contributed by atoms with Crippen LogP contribution >= 0.6 is 17.7 Å². The van der Waals surface area contributed by atoms with Crippen LogP contribution in [0.5, 0.6) is 0 Å². The van der Waals surface area contributed by atoms with Gasteiger partial charge in [-0.25, -0.2) is 0 Å². The first-order valence-corrected chi connectivity index (χ1v) is 13.1. The maximum atomic E-state index is 14.2. The molecule has 0 aromatic carbocycles. The highest BCUT2D eigenvalue weighted by Gasteiger charge is 2.61. The Kier molecular flexibility index (Phi) is 3.07. The number of hydrogen-bond donors (Lipinski definition) is 0. The van der Waals surface area contributed by atoms with Gasteiger partial charge in [-0.1, -0.05) is 11.2 Å². The highest BCUT2D eigenvalue weighted by Crippen LogP contribution is 2.77. The first-order valence-electron chi connectivity index (χ1n) is 10.4. The van der Waals surface area contributed by atoms with E-state index in [1.54, 1.807) is 0 Å². The van der Waals surface area contributed by atoms with Crippen molar-refractivity contribution >= 4 is 17.7 Å². The van der Waals surface area contributed by atoms with Gasteiger partial charge in [0.15, 0.2) is 6.49 Å². The number of rotatable bonds is 2. The molecule has 0 spiro atoms. The van der Waals surface area contributed by atoms with E-state index in [1.165, 1.54) is 64.2 Å². The summed E-state index contributed by atoms with van der Waals surface area (Å²) < 4.78 is 14.2. The molecule has 0 amide bonds. The van der Waals surface area contributed by atoms with Crippen molar-refractivity contribution in [1.29, 1.82) is 0 Å². The Hall–Kier alpha value is 0.520. The number of hydrogen-bond acceptors (Lipinski definition) is 1. The van der Waals surface area contributed by atoms with Crippen LogP contribution in [0.1, 0.15) is 64.2 Å². The van der Waals surface area contributed by atoms with E-state index < -0.39 is 6.49 Å². The molecule has 0 saturated heterocycles. The second-order valence-electron chi connectivity index (χ2n) is 10.5. The molecular weight excluding hydrogens is 323 g/mol. The Morgan fingerprint density at radius 2 is 0.783 bits per heavy atom. The van der Waals surface area contributed by atoms with E-state index in [1.807, 2.05) is 0 Å². The molecule has 0 N–H and O–H groups in total. The van der Waals surface area contributed by atoms with Crippen molar-refractivity contribution < 1.29 is 4.57 Å². The summed E-state index contributed by atoms with van der Waals surface area (Å²) in [5.74, 6) is 6.76. The van der Waals surface area contributed by atoms with Gasteiger partial charge in [-0.05, 0) is 112 Å². The Morgan fingerprint density at radius 1 is 0.522 bits per heavy atom. The molecule has 0 radical (unpaired) electrons. The molecule has 0 atom stereocenters. The molecule has 0 aliphatic heterocycles. The SMILES string of the molecule is O=P(Cl)(C1C2CC3CC(C2)CC1C3)C1C2CC3CC(C2)CC1C3. The minimum absolute atomic E-state index is 0.416. The van der Waals surface area contributed by atoms with E-state index in [2.05, 4.69) is 0 Å². The van der Waals surface area contributed by atoms with Gasteiger partial charge >= 0.3 is 0 Å². The van der Waals surface area contributed by atoms with Crippen LogP contribution in [-0.2, 0) is 4.57 Å². The average Bonchev–Trinajstić information content (AvgIpc) is 2.43. The zero-order valence-corrected chi connectivity index (χ0v) is 15.7. The predicted molar refractivity (Wildman–Crippen MR) is 95.1 cm³/mol. The largest absolute Gasteiger partial charge is 0.306 e. The summed E-state index contributed by atoms with van der Waals surface area (Å²) in [5, 5.41) is 0. The lowest BCUT2D eigenvalue weighted by Crippen LogP contribution is -2.52.